The fraction of sp³-hybridized carbons (Fsp3) is 0.523. The lowest BCUT2D eigenvalue weighted by Crippen LogP contribution is -2.63. The average Bonchev–Trinajstić information content (AvgIpc) is 3.18. The van der Waals surface area contributed by atoms with Crippen LogP contribution in [0.2, 0.25) is 0 Å². The lowest BCUT2D eigenvalue weighted by atomic mass is 9.97. The first-order valence-electron chi connectivity index (χ1n) is 20.0. The number of ether oxygens (including phenoxy) is 10. The maximum absolute atomic E-state index is 13.2. The Balaban J connectivity index is 1.53. The Morgan fingerprint density at radius 3 is 1.77 bits per heavy atom. The molecule has 2 aliphatic rings. The molecule has 0 radical (unpaired) electrons. The summed E-state index contributed by atoms with van der Waals surface area (Å²) in [5.74, 6) is -4.30. The molecule has 338 valence electrons. The van der Waals surface area contributed by atoms with Gasteiger partial charge in [-0.25, -0.2) is 9.59 Å². The van der Waals surface area contributed by atoms with Gasteiger partial charge in [0.05, 0.1) is 6.10 Å². The van der Waals surface area contributed by atoms with Crippen molar-refractivity contribution in [2.45, 2.75) is 135 Å². The highest BCUT2D eigenvalue weighted by molar-refractivity contribution is 5.82. The minimum Gasteiger partial charge on any atom is -0.463 e. The van der Waals surface area contributed by atoms with Gasteiger partial charge in [0.25, 0.3) is 0 Å². The number of nitrogens with one attached hydrogen (secondary N) is 1. The van der Waals surface area contributed by atoms with Crippen LogP contribution in [-0.4, -0.2) is 116 Å². The van der Waals surface area contributed by atoms with Gasteiger partial charge in [-0.2, -0.15) is 0 Å². The summed E-state index contributed by atoms with van der Waals surface area (Å²) in [6, 6.07) is 15.4. The van der Waals surface area contributed by atoms with Crippen LogP contribution in [-0.2, 0) is 95.6 Å². The van der Waals surface area contributed by atoms with Crippen LogP contribution in [0.4, 0.5) is 4.79 Å². The summed E-state index contributed by atoms with van der Waals surface area (Å²) in [4.78, 5) is 86.4. The van der Waals surface area contributed by atoms with Gasteiger partial charge < -0.3 is 52.7 Å². The van der Waals surface area contributed by atoms with Crippen LogP contribution in [0.25, 0.3) is 0 Å². The van der Waals surface area contributed by atoms with Crippen molar-refractivity contribution in [1.82, 2.24) is 5.32 Å². The van der Waals surface area contributed by atoms with Crippen molar-refractivity contribution < 1.29 is 80.9 Å². The Hall–Kier alpha value is -5.85. The molecule has 2 aromatic carbocycles. The summed E-state index contributed by atoms with van der Waals surface area (Å²) >= 11 is 0. The van der Waals surface area contributed by atoms with Gasteiger partial charge in [0.1, 0.15) is 49.8 Å². The smallest absolute Gasteiger partial charge is 0.408 e. The van der Waals surface area contributed by atoms with Gasteiger partial charge >= 0.3 is 41.9 Å². The molecular weight excluding hydrogens is 814 g/mol. The molecule has 0 saturated carbocycles. The van der Waals surface area contributed by atoms with Crippen molar-refractivity contribution in [2.75, 3.05) is 13.2 Å². The summed E-state index contributed by atoms with van der Waals surface area (Å²) in [7, 11) is 0. The molecule has 0 bridgehead atoms. The molecule has 2 aliphatic heterocycles. The lowest BCUT2D eigenvalue weighted by molar-refractivity contribution is -0.320. The van der Waals surface area contributed by atoms with Gasteiger partial charge in [-0.05, 0) is 37.5 Å². The van der Waals surface area contributed by atoms with E-state index in [1.165, 1.54) is 6.92 Å². The standard InChI is InChI=1S/C44H55NO17/c1-25(46)53-23-36-35(60-42-40(58-29(5)50)39(57-28(4)49)38(56-27(3)48)37(61-42)24-54-26(2)47)19-18-33(59-36)20-30-14-16-31(17-15-30)21-34(45-43(52)62-44(6,7)8)41(51)55-22-32-12-10-9-11-13-32/h9-19,33-40,42H,20-24H2,1-8H3,(H,45,52)/t33?,34-,35?,36?,37?,38?,39?,40?,42?/m0/s1. The topological polar surface area (TPSA) is 224 Å². The maximum atomic E-state index is 13.2. The third kappa shape index (κ3) is 16.2. The normalized spacial score (nSPS) is 23.7. The largest absolute Gasteiger partial charge is 0.463 e. The van der Waals surface area contributed by atoms with Gasteiger partial charge in [-0.15, -0.1) is 0 Å². The van der Waals surface area contributed by atoms with Crippen molar-refractivity contribution in [1.29, 1.82) is 0 Å². The number of rotatable bonds is 17. The van der Waals surface area contributed by atoms with E-state index in [2.05, 4.69) is 5.32 Å². The van der Waals surface area contributed by atoms with Crippen molar-refractivity contribution in [3.8, 4) is 0 Å². The first-order valence-corrected chi connectivity index (χ1v) is 20.0. The molecule has 8 unspecified atom stereocenters. The Kier molecular flexibility index (Phi) is 18.0. The Morgan fingerprint density at radius 1 is 0.629 bits per heavy atom. The molecule has 1 saturated heterocycles. The van der Waals surface area contributed by atoms with Crippen LogP contribution in [0, 0.1) is 0 Å². The predicted octanol–water partition coefficient (Wildman–Crippen LogP) is 3.76. The van der Waals surface area contributed by atoms with Crippen LogP contribution in [0.3, 0.4) is 0 Å². The monoisotopic (exact) mass is 869 g/mol. The zero-order valence-corrected chi connectivity index (χ0v) is 36.0. The molecular formula is C44H55NO17. The van der Waals surface area contributed by atoms with E-state index in [1.54, 1.807) is 32.9 Å². The van der Waals surface area contributed by atoms with Crippen LogP contribution >= 0.6 is 0 Å². The Labute approximate surface area is 359 Å². The Morgan fingerprint density at radius 2 is 1.19 bits per heavy atom. The van der Waals surface area contributed by atoms with E-state index < -0.39 is 109 Å². The SMILES string of the molecule is CC(=O)OCC1OC(Cc2ccc(C[C@H](NC(=O)OC(C)(C)C)C(=O)OCc3ccccc3)cc2)C=CC1OC1OC(COC(C)=O)C(OC(C)=O)C(OC(C)=O)C1OC(C)=O. The number of hydrogen-bond donors (Lipinski definition) is 1. The van der Waals surface area contributed by atoms with Gasteiger partial charge in [-0.3, -0.25) is 24.0 Å². The van der Waals surface area contributed by atoms with E-state index >= 15 is 0 Å². The number of carbonyl (C=O) groups excluding carboxylic acids is 7. The highest BCUT2D eigenvalue weighted by Gasteiger charge is 2.53. The van der Waals surface area contributed by atoms with E-state index in [4.69, 9.17) is 47.4 Å². The van der Waals surface area contributed by atoms with E-state index in [9.17, 15) is 33.6 Å². The predicted molar refractivity (Wildman–Crippen MR) is 215 cm³/mol. The minimum absolute atomic E-state index is 0.0206. The maximum Gasteiger partial charge on any atom is 0.408 e. The second-order valence-corrected chi connectivity index (χ2v) is 15.6. The van der Waals surface area contributed by atoms with Crippen LogP contribution in [0.15, 0.2) is 66.7 Å². The Bertz CT molecular complexity index is 1890. The molecule has 2 aromatic rings. The van der Waals surface area contributed by atoms with Gasteiger partial charge in [0.15, 0.2) is 24.6 Å². The molecule has 0 aromatic heterocycles. The highest BCUT2D eigenvalue weighted by atomic mass is 16.7. The van der Waals surface area contributed by atoms with Crippen molar-refractivity contribution in [3.05, 3.63) is 83.4 Å². The minimum atomic E-state index is -1.51. The van der Waals surface area contributed by atoms with E-state index in [-0.39, 0.29) is 19.6 Å². The summed E-state index contributed by atoms with van der Waals surface area (Å²) in [5.41, 5.74) is 1.54. The number of benzene rings is 2. The second-order valence-electron chi connectivity index (χ2n) is 15.6. The highest BCUT2D eigenvalue weighted by Crippen LogP contribution is 2.32. The summed E-state index contributed by atoms with van der Waals surface area (Å²) in [6.45, 7) is 10.2. The first kappa shape index (κ1) is 48.8. The summed E-state index contributed by atoms with van der Waals surface area (Å²) in [6.07, 6.45) is -6.55. The van der Waals surface area contributed by atoms with Crippen LogP contribution < -0.4 is 5.32 Å². The first-order chi connectivity index (χ1) is 29.3. The van der Waals surface area contributed by atoms with Crippen LogP contribution in [0.1, 0.15) is 72.1 Å². The molecule has 4 rings (SSSR count). The van der Waals surface area contributed by atoms with Crippen molar-refractivity contribution in [3.63, 3.8) is 0 Å². The zero-order valence-electron chi connectivity index (χ0n) is 36.0. The summed E-state index contributed by atoms with van der Waals surface area (Å²) < 4.78 is 56.6. The molecule has 9 atom stereocenters. The number of amides is 1. The quantitative estimate of drug-likeness (QED) is 0.136. The molecule has 18 heteroatoms. The molecule has 18 nitrogen and oxygen atoms in total. The zero-order chi connectivity index (χ0) is 45.6. The average molecular weight is 870 g/mol. The lowest BCUT2D eigenvalue weighted by Gasteiger charge is -2.45. The molecule has 0 spiro atoms. The van der Waals surface area contributed by atoms with E-state index in [0.717, 1.165) is 44.4 Å². The molecule has 1 amide bonds. The summed E-state index contributed by atoms with van der Waals surface area (Å²) in [5, 5.41) is 2.63. The molecule has 62 heavy (non-hydrogen) atoms. The third-order valence-corrected chi connectivity index (χ3v) is 9.02. The number of carbonyl (C=O) groups is 7. The molecule has 2 heterocycles. The van der Waals surface area contributed by atoms with Crippen LogP contribution in [0.5, 0.6) is 0 Å². The fourth-order valence-electron chi connectivity index (χ4n) is 6.49. The fourth-order valence-corrected chi connectivity index (χ4v) is 6.49. The number of hydrogen-bond acceptors (Lipinski definition) is 17. The number of alkyl carbamates (subject to hydrolysis) is 1. The molecule has 1 fully saturated rings. The number of esters is 6. The van der Waals surface area contributed by atoms with Crippen molar-refractivity contribution in [2.24, 2.45) is 0 Å². The molecule has 1 N–H and O–H groups in total. The van der Waals surface area contributed by atoms with E-state index in [1.807, 2.05) is 54.6 Å². The second kappa shape index (κ2) is 22.8. The van der Waals surface area contributed by atoms with Gasteiger partial charge in [-0.1, -0.05) is 66.7 Å². The van der Waals surface area contributed by atoms with Gasteiger partial charge in [0, 0.05) is 47.5 Å². The third-order valence-electron chi connectivity index (χ3n) is 9.02. The molecule has 0 aliphatic carbocycles. The van der Waals surface area contributed by atoms with E-state index in [0.29, 0.717) is 6.42 Å². The van der Waals surface area contributed by atoms with Crippen molar-refractivity contribution >= 4 is 41.9 Å². The van der Waals surface area contributed by atoms with Gasteiger partial charge in [0.2, 0.25) is 0 Å².